The predicted molar refractivity (Wildman–Crippen MR) is 76.5 cm³/mol. The highest BCUT2D eigenvalue weighted by molar-refractivity contribution is 5.46. The fourth-order valence-corrected chi connectivity index (χ4v) is 2.63. The molecule has 3 nitrogen and oxygen atoms in total. The molecule has 0 heterocycles. The van der Waals surface area contributed by atoms with Crippen molar-refractivity contribution in [2.24, 2.45) is 5.92 Å². The second-order valence-electron chi connectivity index (χ2n) is 5.86. The molecule has 104 valence electrons. The molecule has 2 saturated carbocycles. The first-order chi connectivity index (χ1) is 9.31. The van der Waals surface area contributed by atoms with Crippen LogP contribution < -0.4 is 10.1 Å². The third kappa shape index (κ3) is 3.63. The first-order valence-corrected chi connectivity index (χ1v) is 7.50. The number of ether oxygens (including phenoxy) is 1. The first kappa shape index (κ1) is 12.8. The van der Waals surface area contributed by atoms with Crippen LogP contribution in [0.5, 0.6) is 5.75 Å². The molecule has 0 bridgehead atoms. The highest BCUT2D eigenvalue weighted by Gasteiger charge is 2.24. The van der Waals surface area contributed by atoms with E-state index < -0.39 is 0 Å². The highest BCUT2D eigenvalue weighted by atomic mass is 16.5. The standard InChI is InChI=1S/C16H23NO2/c18-15-3-1-2-4-16(15)19-14-9-7-13(8-10-14)17-11-12-5-6-12/h7-10,12,15-18H,1-6,11H2. The Morgan fingerprint density at radius 1 is 1.05 bits per heavy atom. The molecular formula is C16H23NO2. The topological polar surface area (TPSA) is 41.5 Å². The van der Waals surface area contributed by atoms with Gasteiger partial charge in [-0.25, -0.2) is 0 Å². The summed E-state index contributed by atoms with van der Waals surface area (Å²) in [6.07, 6.45) is 6.50. The van der Waals surface area contributed by atoms with Gasteiger partial charge >= 0.3 is 0 Å². The van der Waals surface area contributed by atoms with Crippen molar-refractivity contribution in [3.8, 4) is 5.75 Å². The third-order valence-electron chi connectivity index (χ3n) is 4.10. The maximum absolute atomic E-state index is 9.90. The van der Waals surface area contributed by atoms with Crippen LogP contribution in [0.15, 0.2) is 24.3 Å². The first-order valence-electron chi connectivity index (χ1n) is 7.50. The number of nitrogens with one attached hydrogen (secondary N) is 1. The van der Waals surface area contributed by atoms with Crippen LogP contribution in [0.4, 0.5) is 5.69 Å². The van der Waals surface area contributed by atoms with Gasteiger partial charge < -0.3 is 15.2 Å². The summed E-state index contributed by atoms with van der Waals surface area (Å²) in [7, 11) is 0. The van der Waals surface area contributed by atoms with E-state index in [4.69, 9.17) is 4.74 Å². The average Bonchev–Trinajstić information content (AvgIpc) is 3.25. The molecular weight excluding hydrogens is 238 g/mol. The molecule has 0 aromatic heterocycles. The number of hydrogen-bond acceptors (Lipinski definition) is 3. The van der Waals surface area contributed by atoms with E-state index in [1.165, 1.54) is 12.8 Å². The van der Waals surface area contributed by atoms with Gasteiger partial charge in [-0.15, -0.1) is 0 Å². The molecule has 19 heavy (non-hydrogen) atoms. The Balaban J connectivity index is 1.52. The molecule has 2 aliphatic rings. The van der Waals surface area contributed by atoms with Gasteiger partial charge in [0.1, 0.15) is 11.9 Å². The number of hydrogen-bond donors (Lipinski definition) is 2. The van der Waals surface area contributed by atoms with E-state index in [0.29, 0.717) is 0 Å². The maximum Gasteiger partial charge on any atom is 0.124 e. The van der Waals surface area contributed by atoms with Crippen LogP contribution >= 0.6 is 0 Å². The van der Waals surface area contributed by atoms with Gasteiger partial charge in [0.05, 0.1) is 6.10 Å². The molecule has 3 heteroatoms. The molecule has 2 N–H and O–H groups in total. The smallest absolute Gasteiger partial charge is 0.124 e. The lowest BCUT2D eigenvalue weighted by atomic mass is 9.95. The summed E-state index contributed by atoms with van der Waals surface area (Å²) in [5.74, 6) is 1.75. The van der Waals surface area contributed by atoms with Crippen LogP contribution in [0.2, 0.25) is 0 Å². The van der Waals surface area contributed by atoms with E-state index in [1.54, 1.807) is 0 Å². The fraction of sp³-hybridized carbons (Fsp3) is 0.625. The number of rotatable bonds is 5. The zero-order valence-corrected chi connectivity index (χ0v) is 11.3. The molecule has 0 spiro atoms. The molecule has 0 aliphatic heterocycles. The zero-order chi connectivity index (χ0) is 13.1. The normalized spacial score (nSPS) is 27.0. The van der Waals surface area contributed by atoms with Gasteiger partial charge in [0.2, 0.25) is 0 Å². The highest BCUT2D eigenvalue weighted by Crippen LogP contribution is 2.29. The van der Waals surface area contributed by atoms with Crippen molar-refractivity contribution in [3.05, 3.63) is 24.3 Å². The summed E-state index contributed by atoms with van der Waals surface area (Å²) in [5.41, 5.74) is 1.16. The minimum Gasteiger partial charge on any atom is -0.488 e. The fourth-order valence-electron chi connectivity index (χ4n) is 2.63. The second kappa shape index (κ2) is 5.83. The van der Waals surface area contributed by atoms with Crippen LogP contribution in [0, 0.1) is 5.92 Å². The molecule has 1 aromatic rings. The Labute approximate surface area is 115 Å². The molecule has 0 amide bonds. The number of aliphatic hydroxyl groups excluding tert-OH is 1. The molecule has 2 atom stereocenters. The van der Waals surface area contributed by atoms with Gasteiger partial charge in [-0.3, -0.25) is 0 Å². The molecule has 0 radical (unpaired) electrons. The summed E-state index contributed by atoms with van der Waals surface area (Å²) < 4.78 is 5.88. The van der Waals surface area contributed by atoms with E-state index in [1.807, 2.05) is 12.1 Å². The van der Waals surface area contributed by atoms with Crippen molar-refractivity contribution in [3.63, 3.8) is 0 Å². The van der Waals surface area contributed by atoms with Crippen molar-refractivity contribution in [2.75, 3.05) is 11.9 Å². The summed E-state index contributed by atoms with van der Waals surface area (Å²) in [6.45, 7) is 1.08. The van der Waals surface area contributed by atoms with Gasteiger partial charge in [-0.2, -0.15) is 0 Å². The van der Waals surface area contributed by atoms with Crippen molar-refractivity contribution < 1.29 is 9.84 Å². The zero-order valence-electron chi connectivity index (χ0n) is 11.3. The van der Waals surface area contributed by atoms with E-state index in [-0.39, 0.29) is 12.2 Å². The van der Waals surface area contributed by atoms with Crippen molar-refractivity contribution in [1.82, 2.24) is 0 Å². The van der Waals surface area contributed by atoms with Crippen LogP contribution in [-0.4, -0.2) is 23.9 Å². The van der Waals surface area contributed by atoms with E-state index in [2.05, 4.69) is 17.4 Å². The van der Waals surface area contributed by atoms with Crippen LogP contribution in [0.25, 0.3) is 0 Å². The Morgan fingerprint density at radius 3 is 2.47 bits per heavy atom. The maximum atomic E-state index is 9.90. The Bertz CT molecular complexity index is 400. The lowest BCUT2D eigenvalue weighted by molar-refractivity contribution is 0.00688. The molecule has 2 aliphatic carbocycles. The van der Waals surface area contributed by atoms with Gasteiger partial charge in [-0.1, -0.05) is 6.42 Å². The van der Waals surface area contributed by atoms with E-state index in [9.17, 15) is 5.11 Å². The van der Waals surface area contributed by atoms with Crippen molar-refractivity contribution in [1.29, 1.82) is 0 Å². The summed E-state index contributed by atoms with van der Waals surface area (Å²) in [5, 5.41) is 13.3. The quantitative estimate of drug-likeness (QED) is 0.855. The number of anilines is 1. The molecule has 2 fully saturated rings. The summed E-state index contributed by atoms with van der Waals surface area (Å²) in [6, 6.07) is 8.12. The number of aliphatic hydroxyl groups is 1. The lowest BCUT2D eigenvalue weighted by Gasteiger charge is -2.28. The van der Waals surface area contributed by atoms with Gasteiger partial charge in [-0.05, 0) is 62.3 Å². The van der Waals surface area contributed by atoms with Gasteiger partial charge in [0.25, 0.3) is 0 Å². The van der Waals surface area contributed by atoms with Crippen molar-refractivity contribution >= 4 is 5.69 Å². The Morgan fingerprint density at radius 2 is 1.79 bits per heavy atom. The number of benzene rings is 1. The molecule has 2 unspecified atom stereocenters. The van der Waals surface area contributed by atoms with Crippen LogP contribution in [-0.2, 0) is 0 Å². The average molecular weight is 261 g/mol. The monoisotopic (exact) mass is 261 g/mol. The Hall–Kier alpha value is -1.22. The van der Waals surface area contributed by atoms with Crippen LogP contribution in [0.1, 0.15) is 38.5 Å². The molecule has 3 rings (SSSR count). The van der Waals surface area contributed by atoms with Crippen molar-refractivity contribution in [2.45, 2.75) is 50.7 Å². The SMILES string of the molecule is OC1CCCCC1Oc1ccc(NCC2CC2)cc1. The minimum atomic E-state index is -0.304. The lowest BCUT2D eigenvalue weighted by Crippen LogP contribution is -2.34. The molecule has 1 aromatic carbocycles. The molecule has 0 saturated heterocycles. The van der Waals surface area contributed by atoms with Gasteiger partial charge in [0, 0.05) is 12.2 Å². The largest absolute Gasteiger partial charge is 0.488 e. The van der Waals surface area contributed by atoms with E-state index >= 15 is 0 Å². The third-order valence-corrected chi connectivity index (χ3v) is 4.10. The predicted octanol–water partition coefficient (Wildman–Crippen LogP) is 3.19. The summed E-state index contributed by atoms with van der Waals surface area (Å²) >= 11 is 0. The second-order valence-corrected chi connectivity index (χ2v) is 5.86. The van der Waals surface area contributed by atoms with Crippen LogP contribution in [0.3, 0.4) is 0 Å². The minimum absolute atomic E-state index is 0.0287. The van der Waals surface area contributed by atoms with Gasteiger partial charge in [0.15, 0.2) is 0 Å². The van der Waals surface area contributed by atoms with E-state index in [0.717, 1.165) is 49.6 Å². The Kier molecular flexibility index (Phi) is 3.92. The summed E-state index contributed by atoms with van der Waals surface area (Å²) in [4.78, 5) is 0.